The Morgan fingerprint density at radius 1 is 1.00 bits per heavy atom. The highest BCUT2D eigenvalue weighted by Gasteiger charge is 2.51. The molecular weight excluding hydrogens is 448 g/mol. The van der Waals surface area contributed by atoms with Crippen molar-refractivity contribution in [3.05, 3.63) is 82.8 Å². The molecule has 1 N–H and O–H groups in total. The van der Waals surface area contributed by atoms with Crippen molar-refractivity contribution in [3.63, 3.8) is 0 Å². The molecule has 1 saturated carbocycles. The molecular formula is C28H30O7. The van der Waals surface area contributed by atoms with Crippen LogP contribution in [0.25, 0.3) is 0 Å². The fourth-order valence-corrected chi connectivity index (χ4v) is 5.44. The molecule has 35 heavy (non-hydrogen) atoms. The van der Waals surface area contributed by atoms with Crippen LogP contribution in [0.15, 0.2) is 71.7 Å². The number of ether oxygens (including phenoxy) is 5. The summed E-state index contributed by atoms with van der Waals surface area (Å²) in [4.78, 5) is 13.1. The number of cyclic esters (lactones) is 1. The molecule has 3 aliphatic rings. The SMILES string of the molecule is COc1ccc(C(CC2=C(C3=COCO3)C(=O)OC2(O)c2ccc(OC)cc2)C2CCCC2)cc1. The number of rotatable bonds is 8. The van der Waals surface area contributed by atoms with Gasteiger partial charge >= 0.3 is 5.97 Å². The van der Waals surface area contributed by atoms with Crippen LogP contribution in [0, 0.1) is 5.92 Å². The van der Waals surface area contributed by atoms with Gasteiger partial charge in [0.15, 0.2) is 5.76 Å². The molecule has 0 aromatic heterocycles. The predicted octanol–water partition coefficient (Wildman–Crippen LogP) is 4.91. The summed E-state index contributed by atoms with van der Waals surface area (Å²) in [6.45, 7) is 0.0187. The van der Waals surface area contributed by atoms with E-state index in [4.69, 9.17) is 23.7 Å². The average Bonchev–Trinajstić information content (AvgIpc) is 3.65. The monoisotopic (exact) mass is 478 g/mol. The van der Waals surface area contributed by atoms with Gasteiger partial charge in [-0.25, -0.2) is 4.79 Å². The van der Waals surface area contributed by atoms with Gasteiger partial charge in [0.2, 0.25) is 6.79 Å². The van der Waals surface area contributed by atoms with Crippen molar-refractivity contribution in [2.45, 2.75) is 43.8 Å². The van der Waals surface area contributed by atoms with E-state index in [-0.39, 0.29) is 24.0 Å². The van der Waals surface area contributed by atoms with Gasteiger partial charge < -0.3 is 28.8 Å². The zero-order valence-corrected chi connectivity index (χ0v) is 20.0. The van der Waals surface area contributed by atoms with E-state index in [2.05, 4.69) is 12.1 Å². The first-order valence-electron chi connectivity index (χ1n) is 12.0. The normalized spacial score (nSPS) is 22.9. The largest absolute Gasteiger partial charge is 0.497 e. The molecule has 7 heteroatoms. The molecule has 0 spiro atoms. The Kier molecular flexibility index (Phi) is 6.43. The molecule has 1 fully saturated rings. The third-order valence-electron chi connectivity index (χ3n) is 7.29. The van der Waals surface area contributed by atoms with Crippen molar-refractivity contribution in [2.24, 2.45) is 5.92 Å². The summed E-state index contributed by atoms with van der Waals surface area (Å²) in [6.07, 6.45) is 6.37. The highest BCUT2D eigenvalue weighted by Crippen LogP contribution is 2.50. The topological polar surface area (TPSA) is 83.5 Å². The van der Waals surface area contributed by atoms with Crippen LogP contribution < -0.4 is 9.47 Å². The Labute approximate surface area is 204 Å². The number of carbonyl (C=O) groups excluding carboxylic acids is 1. The van der Waals surface area contributed by atoms with Crippen molar-refractivity contribution >= 4 is 5.97 Å². The fourth-order valence-electron chi connectivity index (χ4n) is 5.44. The number of benzene rings is 2. The van der Waals surface area contributed by atoms with E-state index in [9.17, 15) is 9.90 Å². The first-order chi connectivity index (χ1) is 17.0. The minimum absolute atomic E-state index is 0.0187. The highest BCUT2D eigenvalue weighted by atomic mass is 16.7. The maximum atomic E-state index is 13.1. The Morgan fingerprint density at radius 2 is 1.63 bits per heavy atom. The first-order valence-corrected chi connectivity index (χ1v) is 12.0. The second-order valence-electron chi connectivity index (χ2n) is 9.15. The summed E-state index contributed by atoms with van der Waals surface area (Å²) >= 11 is 0. The smallest absolute Gasteiger partial charge is 0.345 e. The molecule has 2 aliphatic heterocycles. The highest BCUT2D eigenvalue weighted by molar-refractivity contribution is 5.97. The van der Waals surface area contributed by atoms with Gasteiger partial charge in [-0.05, 0) is 73.1 Å². The second-order valence-corrected chi connectivity index (χ2v) is 9.15. The van der Waals surface area contributed by atoms with Crippen LogP contribution in [-0.4, -0.2) is 32.1 Å². The summed E-state index contributed by atoms with van der Waals surface area (Å²) in [5.74, 6) is -0.337. The lowest BCUT2D eigenvalue weighted by Crippen LogP contribution is -2.30. The van der Waals surface area contributed by atoms with Crippen LogP contribution in [0.2, 0.25) is 0 Å². The lowest BCUT2D eigenvalue weighted by molar-refractivity contribution is -0.186. The molecule has 2 atom stereocenters. The molecule has 184 valence electrons. The van der Waals surface area contributed by atoms with Crippen LogP contribution in [-0.2, 0) is 24.8 Å². The molecule has 2 aromatic rings. The molecule has 2 aromatic carbocycles. The van der Waals surface area contributed by atoms with E-state index in [1.165, 1.54) is 19.1 Å². The maximum absolute atomic E-state index is 13.1. The van der Waals surface area contributed by atoms with E-state index >= 15 is 0 Å². The van der Waals surface area contributed by atoms with Crippen molar-refractivity contribution < 1.29 is 33.6 Å². The minimum atomic E-state index is -1.92. The third-order valence-corrected chi connectivity index (χ3v) is 7.29. The van der Waals surface area contributed by atoms with Crippen LogP contribution in [0.1, 0.15) is 49.1 Å². The Morgan fingerprint density at radius 3 is 2.20 bits per heavy atom. The number of carbonyl (C=O) groups is 1. The number of esters is 1. The van der Waals surface area contributed by atoms with Gasteiger partial charge in [-0.3, -0.25) is 0 Å². The Hall–Kier alpha value is -3.45. The van der Waals surface area contributed by atoms with Gasteiger partial charge in [-0.1, -0.05) is 25.0 Å². The number of hydrogen-bond acceptors (Lipinski definition) is 7. The standard InChI is InChI=1S/C28H30O7/c1-31-21-11-7-19(8-12-21)23(18-5-3-4-6-18)15-24-26(25-16-33-17-34-25)27(29)35-28(24,30)20-9-13-22(32-2)14-10-20/h7-14,16,18,23,30H,3-6,15,17H2,1-2H3. The van der Waals surface area contributed by atoms with Crippen LogP contribution in [0.5, 0.6) is 11.5 Å². The van der Waals surface area contributed by atoms with Crippen molar-refractivity contribution in [1.82, 2.24) is 0 Å². The van der Waals surface area contributed by atoms with Crippen LogP contribution >= 0.6 is 0 Å². The zero-order chi connectivity index (χ0) is 24.4. The molecule has 2 heterocycles. The first kappa shape index (κ1) is 23.3. The molecule has 5 rings (SSSR count). The van der Waals surface area contributed by atoms with Crippen LogP contribution in [0.4, 0.5) is 0 Å². The lowest BCUT2D eigenvalue weighted by Gasteiger charge is -2.31. The maximum Gasteiger partial charge on any atom is 0.345 e. The quantitative estimate of drug-likeness (QED) is 0.540. The minimum Gasteiger partial charge on any atom is -0.497 e. The predicted molar refractivity (Wildman–Crippen MR) is 127 cm³/mol. The van der Waals surface area contributed by atoms with E-state index in [1.807, 2.05) is 12.1 Å². The molecule has 0 radical (unpaired) electrons. The van der Waals surface area contributed by atoms with Gasteiger partial charge in [0, 0.05) is 11.1 Å². The number of hydrogen-bond donors (Lipinski definition) is 1. The van der Waals surface area contributed by atoms with E-state index in [0.29, 0.717) is 29.2 Å². The molecule has 0 amide bonds. The number of methoxy groups -OCH3 is 2. The van der Waals surface area contributed by atoms with E-state index in [1.54, 1.807) is 38.5 Å². The van der Waals surface area contributed by atoms with Crippen molar-refractivity contribution in [1.29, 1.82) is 0 Å². The Balaban J connectivity index is 1.60. The Bertz CT molecular complexity index is 1130. The number of aliphatic hydroxyl groups is 1. The van der Waals surface area contributed by atoms with Crippen molar-refractivity contribution in [2.75, 3.05) is 21.0 Å². The average molecular weight is 479 g/mol. The summed E-state index contributed by atoms with van der Waals surface area (Å²) in [7, 11) is 3.22. The summed E-state index contributed by atoms with van der Waals surface area (Å²) in [6, 6.07) is 15.0. The van der Waals surface area contributed by atoms with Gasteiger partial charge in [0.05, 0.1) is 14.2 Å². The molecule has 0 saturated heterocycles. The molecule has 0 bridgehead atoms. The van der Waals surface area contributed by atoms with Crippen LogP contribution in [0.3, 0.4) is 0 Å². The van der Waals surface area contributed by atoms with Gasteiger partial charge in [-0.2, -0.15) is 0 Å². The molecule has 2 unspecified atom stereocenters. The fraction of sp³-hybridized carbons (Fsp3) is 0.393. The summed E-state index contributed by atoms with van der Waals surface area (Å²) in [5.41, 5.74) is 2.31. The van der Waals surface area contributed by atoms with Gasteiger partial charge in [0.25, 0.3) is 5.79 Å². The van der Waals surface area contributed by atoms with Gasteiger partial charge in [0.1, 0.15) is 23.3 Å². The zero-order valence-electron chi connectivity index (χ0n) is 20.0. The summed E-state index contributed by atoms with van der Waals surface area (Å²) < 4.78 is 27.1. The van der Waals surface area contributed by atoms with E-state index < -0.39 is 11.8 Å². The van der Waals surface area contributed by atoms with Crippen molar-refractivity contribution in [3.8, 4) is 11.5 Å². The third kappa shape index (κ3) is 4.36. The lowest BCUT2D eigenvalue weighted by atomic mass is 9.77. The molecule has 7 nitrogen and oxygen atoms in total. The molecule has 1 aliphatic carbocycles. The summed E-state index contributed by atoms with van der Waals surface area (Å²) in [5, 5.41) is 11.9. The second kappa shape index (κ2) is 9.66. The van der Waals surface area contributed by atoms with Gasteiger partial charge in [-0.15, -0.1) is 0 Å². The van der Waals surface area contributed by atoms with E-state index in [0.717, 1.165) is 24.2 Å².